The number of hydrogen-bond acceptors (Lipinski definition) is 0. The molecule has 164 valence electrons. The van der Waals surface area contributed by atoms with E-state index >= 15 is 0 Å². The van der Waals surface area contributed by atoms with Crippen molar-refractivity contribution in [3.05, 3.63) is 0 Å². The lowest BCUT2D eigenvalue weighted by molar-refractivity contribution is 0.678. The normalized spacial score (nSPS) is 12.4. The lowest BCUT2D eigenvalue weighted by Gasteiger charge is -2.47. The second kappa shape index (κ2) is 18.9. The smallest absolute Gasteiger partial charge is 0.0101 e. The lowest BCUT2D eigenvalue weighted by Crippen LogP contribution is -2.28. The zero-order valence-electron chi connectivity index (χ0n) is 20.1. The summed E-state index contributed by atoms with van der Waals surface area (Å²) in [6, 6.07) is 0. The zero-order valence-corrected chi connectivity index (χ0v) is 21.9. The van der Waals surface area contributed by atoms with Crippen molar-refractivity contribution >= 4 is 15.8 Å². The number of unbranched alkanes of at least 4 members (excludes halogenated alkanes) is 8. The van der Waals surface area contributed by atoms with E-state index in [0.717, 1.165) is 4.90 Å². The van der Waals surface area contributed by atoms with Crippen molar-refractivity contribution in [1.82, 2.24) is 0 Å². The first-order valence-electron chi connectivity index (χ1n) is 12.7. The van der Waals surface area contributed by atoms with Crippen LogP contribution in [-0.4, -0.2) is 29.5 Å². The van der Waals surface area contributed by atoms with Gasteiger partial charge < -0.3 is 0 Å². The van der Waals surface area contributed by atoms with Gasteiger partial charge in [-0.1, -0.05) is 109 Å². The summed E-state index contributed by atoms with van der Waals surface area (Å²) in [6.45, 7) is 14.6. The molecule has 0 bridgehead atoms. The van der Waals surface area contributed by atoms with Crippen LogP contribution in [0.4, 0.5) is 0 Å². The summed E-state index contributed by atoms with van der Waals surface area (Å²) in [6.07, 6.45) is 26.6. The molecule has 0 N–H and O–H groups in total. The Hall–Kier alpha value is 0.860. The van der Waals surface area contributed by atoms with Gasteiger partial charge in [0.15, 0.2) is 0 Å². The highest BCUT2D eigenvalue weighted by molar-refractivity contribution is 7.77. The Bertz CT molecular complexity index is 253. The molecule has 0 aromatic rings. The third kappa shape index (κ3) is 11.0. The maximum absolute atomic E-state index is 2.56. The van der Waals surface area contributed by atoms with Gasteiger partial charge in [-0.3, -0.25) is 0 Å². The van der Waals surface area contributed by atoms with E-state index in [2.05, 4.69) is 41.5 Å². The fraction of sp³-hybridized carbons (Fsp3) is 1.00. The summed E-state index contributed by atoms with van der Waals surface area (Å²) in [5.74, 6) is 0. The van der Waals surface area contributed by atoms with Gasteiger partial charge in [0.25, 0.3) is 0 Å². The Morgan fingerprint density at radius 3 is 0.852 bits per heavy atom. The zero-order chi connectivity index (χ0) is 20.4. The van der Waals surface area contributed by atoms with Gasteiger partial charge in [0.05, 0.1) is 0 Å². The van der Waals surface area contributed by atoms with Crippen LogP contribution in [-0.2, 0) is 0 Å². The van der Waals surface area contributed by atoms with Gasteiger partial charge in [-0.25, -0.2) is 0 Å². The third-order valence-electron chi connectivity index (χ3n) is 6.44. The molecule has 0 rings (SSSR count). The van der Waals surface area contributed by atoms with Crippen LogP contribution < -0.4 is 0 Å². The van der Waals surface area contributed by atoms with E-state index in [9.17, 15) is 0 Å². The Labute approximate surface area is 176 Å². The molecule has 0 amide bonds. The first kappa shape index (κ1) is 27.9. The van der Waals surface area contributed by atoms with Gasteiger partial charge in [-0.05, 0) is 63.2 Å². The predicted octanol–water partition coefficient (Wildman–Crippen LogP) is 10.2. The average Bonchev–Trinajstić information content (AvgIpc) is 2.69. The third-order valence-corrected chi connectivity index (χ3v) is 15.2. The molecule has 2 heteroatoms. The largest absolute Gasteiger partial charge is 0.0959 e. The Balaban J connectivity index is 5.38. The van der Waals surface area contributed by atoms with E-state index < -0.39 is 0 Å². The van der Waals surface area contributed by atoms with Crippen LogP contribution in [0.25, 0.3) is 0 Å². The SMILES string of the molecule is CCCCCP(CCCCC)C(CC)(CC)P(CCCCC)CCCCC. The molecule has 0 saturated heterocycles. The Morgan fingerprint density at radius 1 is 0.407 bits per heavy atom. The maximum Gasteiger partial charge on any atom is 0.0101 e. The van der Waals surface area contributed by atoms with E-state index in [1.165, 1.54) is 89.9 Å². The average molecular weight is 417 g/mol. The molecule has 0 radical (unpaired) electrons. The minimum absolute atomic E-state index is 0.216. The van der Waals surface area contributed by atoms with Crippen LogP contribution in [0.2, 0.25) is 0 Å². The van der Waals surface area contributed by atoms with Crippen LogP contribution in [0.5, 0.6) is 0 Å². The fourth-order valence-corrected chi connectivity index (χ4v) is 13.7. The van der Waals surface area contributed by atoms with Crippen molar-refractivity contribution in [3.8, 4) is 0 Å². The topological polar surface area (TPSA) is 0 Å². The van der Waals surface area contributed by atoms with Crippen LogP contribution in [0.3, 0.4) is 0 Å². The van der Waals surface area contributed by atoms with Gasteiger partial charge in [0, 0.05) is 4.90 Å². The van der Waals surface area contributed by atoms with E-state index in [0.29, 0.717) is 0 Å². The molecule has 0 aromatic heterocycles. The van der Waals surface area contributed by atoms with Crippen molar-refractivity contribution in [2.45, 2.75) is 136 Å². The highest BCUT2D eigenvalue weighted by Crippen LogP contribution is 2.71. The Kier molecular flexibility index (Phi) is 19.5. The van der Waals surface area contributed by atoms with Crippen LogP contribution in [0.15, 0.2) is 0 Å². The van der Waals surface area contributed by atoms with Gasteiger partial charge in [-0.2, -0.15) is 0 Å². The molecule has 0 fully saturated rings. The van der Waals surface area contributed by atoms with Gasteiger partial charge >= 0.3 is 0 Å². The summed E-state index contributed by atoms with van der Waals surface area (Å²) in [5, 5.41) is 0. The predicted molar refractivity (Wildman–Crippen MR) is 135 cm³/mol. The molecule has 0 aromatic carbocycles. The minimum atomic E-state index is 0.216. The molecule has 0 heterocycles. The van der Waals surface area contributed by atoms with Crippen molar-refractivity contribution in [3.63, 3.8) is 0 Å². The molecule has 0 spiro atoms. The second-order valence-electron chi connectivity index (χ2n) is 8.49. The lowest BCUT2D eigenvalue weighted by atomic mass is 10.2. The first-order valence-corrected chi connectivity index (χ1v) is 16.1. The van der Waals surface area contributed by atoms with Crippen LogP contribution >= 0.6 is 15.8 Å². The van der Waals surface area contributed by atoms with Gasteiger partial charge in [-0.15, -0.1) is 0 Å². The van der Waals surface area contributed by atoms with Crippen molar-refractivity contribution < 1.29 is 0 Å². The van der Waals surface area contributed by atoms with E-state index in [-0.39, 0.29) is 15.8 Å². The highest BCUT2D eigenvalue weighted by atomic mass is 31.2. The van der Waals surface area contributed by atoms with Gasteiger partial charge in [0.1, 0.15) is 0 Å². The Morgan fingerprint density at radius 2 is 0.667 bits per heavy atom. The van der Waals surface area contributed by atoms with Gasteiger partial charge in [0.2, 0.25) is 0 Å². The second-order valence-corrected chi connectivity index (χ2v) is 14.5. The van der Waals surface area contributed by atoms with Crippen molar-refractivity contribution in [2.75, 3.05) is 24.6 Å². The summed E-state index contributed by atoms with van der Waals surface area (Å²) >= 11 is 0. The molecule has 0 saturated carbocycles. The molecule has 0 aliphatic carbocycles. The summed E-state index contributed by atoms with van der Waals surface area (Å²) in [5.41, 5.74) is 0. The standard InChI is InChI=1S/C25H54P2/c1-7-13-17-21-26(22-18-14-8-2)25(11-5,12-6)27(23-19-15-9-3)24-20-16-10-4/h7-24H2,1-6H3. The highest BCUT2D eigenvalue weighted by Gasteiger charge is 2.40. The van der Waals surface area contributed by atoms with Crippen LogP contribution in [0, 0.1) is 0 Å². The van der Waals surface area contributed by atoms with E-state index in [1.54, 1.807) is 24.6 Å². The molecular formula is C25H54P2. The molecule has 0 unspecified atom stereocenters. The van der Waals surface area contributed by atoms with Crippen molar-refractivity contribution in [2.24, 2.45) is 0 Å². The molecule has 0 atom stereocenters. The molecule has 0 aliphatic heterocycles. The number of hydrogen-bond donors (Lipinski definition) is 0. The first-order chi connectivity index (χ1) is 13.2. The maximum atomic E-state index is 2.56. The molecule has 27 heavy (non-hydrogen) atoms. The van der Waals surface area contributed by atoms with Crippen LogP contribution in [0.1, 0.15) is 131 Å². The van der Waals surface area contributed by atoms with E-state index in [4.69, 9.17) is 0 Å². The fourth-order valence-electron chi connectivity index (χ4n) is 4.61. The summed E-state index contributed by atoms with van der Waals surface area (Å²) in [7, 11) is 0.432. The summed E-state index contributed by atoms with van der Waals surface area (Å²) < 4.78 is 0. The summed E-state index contributed by atoms with van der Waals surface area (Å²) in [4.78, 5) is 0.744. The quantitative estimate of drug-likeness (QED) is 0.137. The number of rotatable bonds is 20. The molecule has 0 aliphatic rings. The monoisotopic (exact) mass is 416 g/mol. The van der Waals surface area contributed by atoms with E-state index in [1.807, 2.05) is 0 Å². The minimum Gasteiger partial charge on any atom is -0.0959 e. The molecular weight excluding hydrogens is 362 g/mol. The molecule has 0 nitrogen and oxygen atoms in total. The van der Waals surface area contributed by atoms with Crippen molar-refractivity contribution in [1.29, 1.82) is 0 Å².